The highest BCUT2D eigenvalue weighted by Crippen LogP contribution is 2.32. The molecule has 0 amide bonds. The minimum Gasteiger partial charge on any atom is -0.454 e. The first-order valence-corrected chi connectivity index (χ1v) is 7.25. The SMILES string of the molecule is Clc1ccc(NCc2ccc3c(c2)OCO3)c(I)c1. The van der Waals surface area contributed by atoms with Gasteiger partial charge in [0.2, 0.25) is 6.79 Å². The molecule has 3 nitrogen and oxygen atoms in total. The molecule has 1 heterocycles. The van der Waals surface area contributed by atoms with Crippen molar-refractivity contribution in [3.05, 3.63) is 50.6 Å². The van der Waals surface area contributed by atoms with Crippen LogP contribution in [0.3, 0.4) is 0 Å². The third-order valence-electron chi connectivity index (χ3n) is 2.85. The van der Waals surface area contributed by atoms with Gasteiger partial charge in [0.1, 0.15) is 0 Å². The highest BCUT2D eigenvalue weighted by Gasteiger charge is 2.13. The van der Waals surface area contributed by atoms with Crippen LogP contribution >= 0.6 is 34.2 Å². The Labute approximate surface area is 130 Å². The van der Waals surface area contributed by atoms with E-state index in [9.17, 15) is 0 Å². The second kappa shape index (κ2) is 5.46. The van der Waals surface area contributed by atoms with Gasteiger partial charge in [-0.1, -0.05) is 17.7 Å². The summed E-state index contributed by atoms with van der Waals surface area (Å²) >= 11 is 8.20. The maximum Gasteiger partial charge on any atom is 0.231 e. The number of ether oxygens (including phenoxy) is 2. The van der Waals surface area contributed by atoms with Crippen molar-refractivity contribution >= 4 is 39.9 Å². The van der Waals surface area contributed by atoms with E-state index in [4.69, 9.17) is 21.1 Å². The molecule has 2 aromatic carbocycles. The summed E-state index contributed by atoms with van der Waals surface area (Å²) in [5.74, 6) is 1.62. The average Bonchev–Trinajstić information content (AvgIpc) is 2.85. The van der Waals surface area contributed by atoms with Gasteiger partial charge in [-0.25, -0.2) is 0 Å². The third-order valence-corrected chi connectivity index (χ3v) is 3.98. The van der Waals surface area contributed by atoms with E-state index >= 15 is 0 Å². The Morgan fingerprint density at radius 1 is 1.11 bits per heavy atom. The number of rotatable bonds is 3. The molecule has 5 heteroatoms. The van der Waals surface area contributed by atoms with Crippen LogP contribution < -0.4 is 14.8 Å². The summed E-state index contributed by atoms with van der Waals surface area (Å²) in [6.45, 7) is 1.04. The first-order valence-electron chi connectivity index (χ1n) is 5.80. The molecule has 0 unspecified atom stereocenters. The average molecular weight is 388 g/mol. The lowest BCUT2D eigenvalue weighted by Crippen LogP contribution is -2.00. The second-order valence-corrected chi connectivity index (χ2v) is 5.76. The van der Waals surface area contributed by atoms with E-state index in [1.807, 2.05) is 36.4 Å². The quantitative estimate of drug-likeness (QED) is 0.797. The molecule has 3 rings (SSSR count). The van der Waals surface area contributed by atoms with Gasteiger partial charge in [-0.3, -0.25) is 0 Å². The van der Waals surface area contributed by atoms with Gasteiger partial charge in [-0.15, -0.1) is 0 Å². The molecule has 0 aliphatic carbocycles. The van der Waals surface area contributed by atoms with Gasteiger partial charge < -0.3 is 14.8 Å². The normalized spacial score (nSPS) is 12.5. The van der Waals surface area contributed by atoms with Gasteiger partial charge in [0.25, 0.3) is 0 Å². The van der Waals surface area contributed by atoms with Gasteiger partial charge in [-0.2, -0.15) is 0 Å². The van der Waals surface area contributed by atoms with E-state index in [1.54, 1.807) is 0 Å². The maximum absolute atomic E-state index is 5.94. The molecule has 0 bridgehead atoms. The Balaban J connectivity index is 1.72. The fourth-order valence-electron chi connectivity index (χ4n) is 1.88. The Morgan fingerprint density at radius 3 is 2.79 bits per heavy atom. The van der Waals surface area contributed by atoms with Crippen LogP contribution in [-0.2, 0) is 6.54 Å². The number of hydrogen-bond acceptors (Lipinski definition) is 3. The van der Waals surface area contributed by atoms with Crippen LogP contribution in [0.5, 0.6) is 11.5 Å². The molecule has 0 spiro atoms. The van der Waals surface area contributed by atoms with Crippen molar-refractivity contribution in [2.45, 2.75) is 6.54 Å². The van der Waals surface area contributed by atoms with Crippen molar-refractivity contribution in [1.82, 2.24) is 0 Å². The summed E-state index contributed by atoms with van der Waals surface area (Å²) in [7, 11) is 0. The molecule has 0 fully saturated rings. The Morgan fingerprint density at radius 2 is 1.95 bits per heavy atom. The first-order chi connectivity index (χ1) is 9.22. The summed E-state index contributed by atoms with van der Waals surface area (Å²) in [5, 5.41) is 4.13. The highest BCUT2D eigenvalue weighted by atomic mass is 127. The van der Waals surface area contributed by atoms with Crippen LogP contribution in [0.1, 0.15) is 5.56 Å². The van der Waals surface area contributed by atoms with Crippen LogP contribution in [0.4, 0.5) is 5.69 Å². The molecule has 98 valence electrons. The lowest BCUT2D eigenvalue weighted by atomic mass is 10.2. The lowest BCUT2D eigenvalue weighted by molar-refractivity contribution is 0.174. The van der Waals surface area contributed by atoms with E-state index in [2.05, 4.69) is 27.9 Å². The number of anilines is 1. The van der Waals surface area contributed by atoms with Crippen molar-refractivity contribution in [2.24, 2.45) is 0 Å². The molecule has 0 atom stereocenters. The summed E-state index contributed by atoms with van der Waals surface area (Å²) in [5.41, 5.74) is 2.22. The van der Waals surface area contributed by atoms with Crippen LogP contribution in [0, 0.1) is 3.57 Å². The minimum absolute atomic E-state index is 0.307. The predicted octanol–water partition coefficient (Wildman–Crippen LogP) is 4.29. The fourth-order valence-corrected chi connectivity index (χ4v) is 2.94. The lowest BCUT2D eigenvalue weighted by Gasteiger charge is -2.09. The van der Waals surface area contributed by atoms with E-state index in [0.29, 0.717) is 6.79 Å². The fraction of sp³-hybridized carbons (Fsp3) is 0.143. The molecule has 0 radical (unpaired) electrons. The summed E-state index contributed by atoms with van der Waals surface area (Å²) in [6.07, 6.45) is 0. The van der Waals surface area contributed by atoms with Crippen molar-refractivity contribution in [2.75, 3.05) is 12.1 Å². The minimum atomic E-state index is 0.307. The van der Waals surface area contributed by atoms with Gasteiger partial charge in [-0.05, 0) is 58.5 Å². The number of fused-ring (bicyclic) bond motifs is 1. The van der Waals surface area contributed by atoms with Gasteiger partial charge in [0, 0.05) is 20.8 Å². The molecule has 1 aliphatic heterocycles. The van der Waals surface area contributed by atoms with E-state index in [0.717, 1.165) is 37.9 Å². The Kier molecular flexibility index (Phi) is 3.70. The molecule has 0 saturated heterocycles. The second-order valence-electron chi connectivity index (χ2n) is 4.17. The van der Waals surface area contributed by atoms with Gasteiger partial charge in [0.05, 0.1) is 0 Å². The largest absolute Gasteiger partial charge is 0.454 e. The van der Waals surface area contributed by atoms with Crippen molar-refractivity contribution in [3.8, 4) is 11.5 Å². The zero-order chi connectivity index (χ0) is 13.2. The van der Waals surface area contributed by atoms with Crippen molar-refractivity contribution in [3.63, 3.8) is 0 Å². The van der Waals surface area contributed by atoms with Crippen LogP contribution in [0.25, 0.3) is 0 Å². The van der Waals surface area contributed by atoms with Gasteiger partial charge >= 0.3 is 0 Å². The standard InChI is InChI=1S/C14H11ClINO2/c15-10-2-3-12(11(16)6-10)17-7-9-1-4-13-14(5-9)19-8-18-13/h1-6,17H,7-8H2. The molecule has 1 aliphatic rings. The van der Waals surface area contributed by atoms with Gasteiger partial charge in [0.15, 0.2) is 11.5 Å². The molecule has 0 saturated carbocycles. The molecule has 0 aromatic heterocycles. The van der Waals surface area contributed by atoms with E-state index in [-0.39, 0.29) is 0 Å². The van der Waals surface area contributed by atoms with Crippen LogP contribution in [-0.4, -0.2) is 6.79 Å². The van der Waals surface area contributed by atoms with Crippen LogP contribution in [0.15, 0.2) is 36.4 Å². The smallest absolute Gasteiger partial charge is 0.231 e. The number of hydrogen-bond donors (Lipinski definition) is 1. The zero-order valence-corrected chi connectivity index (χ0v) is 12.9. The maximum atomic E-state index is 5.94. The van der Waals surface area contributed by atoms with Crippen molar-refractivity contribution in [1.29, 1.82) is 0 Å². The Bertz CT molecular complexity index is 618. The third kappa shape index (κ3) is 2.90. The van der Waals surface area contributed by atoms with E-state index < -0.39 is 0 Å². The van der Waals surface area contributed by atoms with Crippen molar-refractivity contribution < 1.29 is 9.47 Å². The molecule has 2 aromatic rings. The monoisotopic (exact) mass is 387 g/mol. The number of benzene rings is 2. The summed E-state index contributed by atoms with van der Waals surface area (Å²) in [6, 6.07) is 11.8. The molecule has 19 heavy (non-hydrogen) atoms. The topological polar surface area (TPSA) is 30.5 Å². The van der Waals surface area contributed by atoms with Crippen LogP contribution in [0.2, 0.25) is 5.02 Å². The zero-order valence-electron chi connectivity index (χ0n) is 9.95. The molecular formula is C14H11ClINO2. The number of nitrogens with one attached hydrogen (secondary N) is 1. The molecule has 1 N–H and O–H groups in total. The summed E-state index contributed by atoms with van der Waals surface area (Å²) < 4.78 is 11.8. The summed E-state index contributed by atoms with van der Waals surface area (Å²) in [4.78, 5) is 0. The highest BCUT2D eigenvalue weighted by molar-refractivity contribution is 14.1. The predicted molar refractivity (Wildman–Crippen MR) is 84.1 cm³/mol. The molecular weight excluding hydrogens is 377 g/mol. The van der Waals surface area contributed by atoms with E-state index in [1.165, 1.54) is 0 Å². The number of halogens is 2. The first kappa shape index (κ1) is 12.9. The Hall–Kier alpha value is -1.14.